The van der Waals surface area contributed by atoms with Crippen LogP contribution in [0.4, 0.5) is 15.8 Å². The molecule has 0 aliphatic rings. The Balaban J connectivity index is 1.54. The number of hydrogen-bond donors (Lipinski definition) is 3. The zero-order valence-corrected chi connectivity index (χ0v) is 18.2. The quantitative estimate of drug-likeness (QED) is 0.257. The Labute approximate surface area is 190 Å². The fraction of sp³-hybridized carbons (Fsp3) is 0.174. The Bertz CT molecular complexity index is 1220. The van der Waals surface area contributed by atoms with Gasteiger partial charge in [-0.3, -0.25) is 4.98 Å². The third-order valence-corrected chi connectivity index (χ3v) is 4.94. The number of halogens is 2. The molecule has 0 aliphatic heterocycles. The highest BCUT2D eigenvalue weighted by Crippen LogP contribution is 2.30. The number of hydrogen-bond acceptors (Lipinski definition) is 7. The number of anilines is 2. The van der Waals surface area contributed by atoms with E-state index in [2.05, 4.69) is 31.1 Å². The maximum absolute atomic E-state index is 14.2. The highest BCUT2D eigenvalue weighted by Gasteiger charge is 2.10. The summed E-state index contributed by atoms with van der Waals surface area (Å²) in [5.74, 6) is 0.335. The Kier molecular flexibility index (Phi) is 7.06. The minimum Gasteiger partial charge on any atom is -0.492 e. The molecule has 164 valence electrons. The number of benzene rings is 2. The molecule has 0 bridgehead atoms. The second-order valence-electron chi connectivity index (χ2n) is 6.99. The first-order chi connectivity index (χ1) is 15.6. The Morgan fingerprint density at radius 2 is 2.00 bits per heavy atom. The first-order valence-electron chi connectivity index (χ1n) is 10.1. The van der Waals surface area contributed by atoms with Gasteiger partial charge in [-0.1, -0.05) is 11.6 Å². The van der Waals surface area contributed by atoms with Crippen LogP contribution < -0.4 is 20.7 Å². The number of rotatable bonds is 9. The van der Waals surface area contributed by atoms with Crippen molar-refractivity contribution in [2.75, 3.05) is 32.2 Å². The second kappa shape index (κ2) is 10.3. The molecular formula is C23H22ClFN6O. The number of nitrogens with one attached hydrogen (secondary N) is 3. The second-order valence-corrected chi connectivity index (χ2v) is 7.43. The average molecular weight is 453 g/mol. The van der Waals surface area contributed by atoms with Crippen molar-refractivity contribution in [3.63, 3.8) is 0 Å². The van der Waals surface area contributed by atoms with Crippen LogP contribution in [0.3, 0.4) is 0 Å². The molecule has 2 heterocycles. The molecule has 0 amide bonds. The normalized spacial score (nSPS) is 11.0. The van der Waals surface area contributed by atoms with Crippen LogP contribution in [0.15, 0.2) is 60.9 Å². The molecule has 0 saturated carbocycles. The third kappa shape index (κ3) is 5.28. The van der Waals surface area contributed by atoms with Crippen molar-refractivity contribution in [2.45, 2.75) is 0 Å². The van der Waals surface area contributed by atoms with Gasteiger partial charge in [0.2, 0.25) is 0 Å². The maximum atomic E-state index is 14.2. The SMILES string of the molecule is CNCNCCOc1ccc2c(Nc3cnnc(-c4cc(Cl)ccc4F)c3)ccnc2c1. The summed E-state index contributed by atoms with van der Waals surface area (Å²) in [5, 5.41) is 18.9. The van der Waals surface area contributed by atoms with Crippen molar-refractivity contribution in [2.24, 2.45) is 0 Å². The molecule has 9 heteroatoms. The van der Waals surface area contributed by atoms with Crippen molar-refractivity contribution in [3.05, 3.63) is 71.8 Å². The molecule has 0 fully saturated rings. The molecule has 0 atom stereocenters. The summed E-state index contributed by atoms with van der Waals surface area (Å²) in [6.07, 6.45) is 3.29. The van der Waals surface area contributed by atoms with Gasteiger partial charge in [0, 0.05) is 47.1 Å². The predicted molar refractivity (Wildman–Crippen MR) is 125 cm³/mol. The Hall–Kier alpha value is -3.33. The van der Waals surface area contributed by atoms with Crippen molar-refractivity contribution in [3.8, 4) is 17.0 Å². The van der Waals surface area contributed by atoms with Crippen LogP contribution in [-0.2, 0) is 0 Å². The molecule has 0 saturated heterocycles. The molecule has 0 aliphatic carbocycles. The highest BCUT2D eigenvalue weighted by molar-refractivity contribution is 6.30. The number of nitrogens with zero attached hydrogens (tertiary/aromatic N) is 3. The van der Waals surface area contributed by atoms with Crippen molar-refractivity contribution >= 4 is 33.9 Å². The average Bonchev–Trinajstić information content (AvgIpc) is 2.81. The first kappa shape index (κ1) is 21.9. The van der Waals surface area contributed by atoms with Gasteiger partial charge < -0.3 is 20.7 Å². The summed E-state index contributed by atoms with van der Waals surface area (Å²) in [6.45, 7) is 2.02. The number of aromatic nitrogens is 3. The van der Waals surface area contributed by atoms with E-state index in [-0.39, 0.29) is 0 Å². The molecule has 32 heavy (non-hydrogen) atoms. The minimum absolute atomic E-state index is 0.291. The fourth-order valence-corrected chi connectivity index (χ4v) is 3.37. The zero-order valence-electron chi connectivity index (χ0n) is 17.4. The van der Waals surface area contributed by atoms with Gasteiger partial charge in [-0.05, 0) is 49.5 Å². The van der Waals surface area contributed by atoms with Crippen LogP contribution >= 0.6 is 11.6 Å². The van der Waals surface area contributed by atoms with Gasteiger partial charge >= 0.3 is 0 Å². The summed E-state index contributed by atoms with van der Waals surface area (Å²) in [7, 11) is 1.88. The van der Waals surface area contributed by atoms with Crippen molar-refractivity contribution in [1.82, 2.24) is 25.8 Å². The lowest BCUT2D eigenvalue weighted by Gasteiger charge is -2.12. The van der Waals surface area contributed by atoms with E-state index in [1.165, 1.54) is 18.2 Å². The van der Waals surface area contributed by atoms with Crippen LogP contribution in [-0.4, -0.2) is 42.0 Å². The minimum atomic E-state index is -0.413. The van der Waals surface area contributed by atoms with Crippen molar-refractivity contribution in [1.29, 1.82) is 0 Å². The van der Waals surface area contributed by atoms with Crippen LogP contribution in [0.2, 0.25) is 5.02 Å². The largest absolute Gasteiger partial charge is 0.492 e. The molecule has 2 aromatic heterocycles. The lowest BCUT2D eigenvalue weighted by atomic mass is 10.1. The molecular weight excluding hydrogens is 431 g/mol. The molecule has 3 N–H and O–H groups in total. The van der Waals surface area contributed by atoms with Gasteiger partial charge in [-0.15, -0.1) is 0 Å². The molecule has 0 unspecified atom stereocenters. The summed E-state index contributed by atoms with van der Waals surface area (Å²) >= 11 is 6.01. The number of ether oxygens (including phenoxy) is 1. The summed E-state index contributed by atoms with van der Waals surface area (Å²) in [6, 6.07) is 13.7. The smallest absolute Gasteiger partial charge is 0.132 e. The van der Waals surface area contributed by atoms with E-state index in [0.717, 1.165) is 35.6 Å². The molecule has 2 aromatic carbocycles. The monoisotopic (exact) mass is 452 g/mol. The lowest BCUT2D eigenvalue weighted by molar-refractivity contribution is 0.313. The standard InChI is InChI=1S/C23H22ClFN6O/c1-26-14-27-8-9-32-17-3-4-18-21(6-7-28-22(18)12-17)30-16-11-23(31-29-13-16)19-10-15(24)2-5-20(19)25/h2-7,10-13,26-27H,8-9,14H2,1H3,(H,28,30,31). The van der Waals surface area contributed by atoms with E-state index in [4.69, 9.17) is 16.3 Å². The molecule has 4 rings (SSSR count). The molecule has 0 radical (unpaired) electrons. The summed E-state index contributed by atoms with van der Waals surface area (Å²) < 4.78 is 20.0. The highest BCUT2D eigenvalue weighted by atomic mass is 35.5. The van der Waals surface area contributed by atoms with Gasteiger partial charge in [0.1, 0.15) is 18.2 Å². The van der Waals surface area contributed by atoms with E-state index in [1.54, 1.807) is 18.5 Å². The lowest BCUT2D eigenvalue weighted by Crippen LogP contribution is -2.29. The zero-order chi connectivity index (χ0) is 22.3. The first-order valence-corrected chi connectivity index (χ1v) is 10.4. The van der Waals surface area contributed by atoms with Crippen LogP contribution in [0.5, 0.6) is 5.75 Å². The van der Waals surface area contributed by atoms with Gasteiger partial charge in [0.05, 0.1) is 23.1 Å². The van der Waals surface area contributed by atoms with Gasteiger partial charge in [-0.25, -0.2) is 4.39 Å². The molecule has 4 aromatic rings. The van der Waals surface area contributed by atoms with E-state index < -0.39 is 5.82 Å². The Morgan fingerprint density at radius 3 is 2.88 bits per heavy atom. The van der Waals surface area contributed by atoms with E-state index >= 15 is 0 Å². The summed E-state index contributed by atoms with van der Waals surface area (Å²) in [5.41, 5.74) is 2.97. The molecule has 0 spiro atoms. The van der Waals surface area contributed by atoms with Gasteiger partial charge in [0.15, 0.2) is 0 Å². The Morgan fingerprint density at radius 1 is 1.09 bits per heavy atom. The van der Waals surface area contributed by atoms with Crippen LogP contribution in [0, 0.1) is 5.82 Å². The van der Waals surface area contributed by atoms with Gasteiger partial charge in [0.25, 0.3) is 0 Å². The molecule has 7 nitrogen and oxygen atoms in total. The van der Waals surface area contributed by atoms with Crippen LogP contribution in [0.25, 0.3) is 22.2 Å². The predicted octanol–water partition coefficient (Wildman–Crippen LogP) is 4.37. The van der Waals surface area contributed by atoms with Crippen molar-refractivity contribution < 1.29 is 9.13 Å². The number of pyridine rings is 1. The van der Waals surface area contributed by atoms with E-state index in [0.29, 0.717) is 28.6 Å². The topological polar surface area (TPSA) is 84.0 Å². The maximum Gasteiger partial charge on any atom is 0.132 e. The van der Waals surface area contributed by atoms with E-state index in [1.807, 2.05) is 31.3 Å². The summed E-state index contributed by atoms with van der Waals surface area (Å²) in [4.78, 5) is 4.45. The van der Waals surface area contributed by atoms with Gasteiger partial charge in [-0.2, -0.15) is 10.2 Å². The number of fused-ring (bicyclic) bond motifs is 1. The van der Waals surface area contributed by atoms with Crippen LogP contribution in [0.1, 0.15) is 0 Å². The fourth-order valence-electron chi connectivity index (χ4n) is 3.20. The third-order valence-electron chi connectivity index (χ3n) is 4.70. The van der Waals surface area contributed by atoms with E-state index in [9.17, 15) is 4.39 Å².